The number of esters is 1. The molecule has 0 saturated carbocycles. The first-order chi connectivity index (χ1) is 13.6. The molecule has 152 valence electrons. The summed E-state index contributed by atoms with van der Waals surface area (Å²) in [5.74, 6) is -0.191. The van der Waals surface area contributed by atoms with Crippen LogP contribution in [-0.4, -0.2) is 33.0 Å². The van der Waals surface area contributed by atoms with Crippen molar-refractivity contribution in [1.82, 2.24) is 19.9 Å². The van der Waals surface area contributed by atoms with Gasteiger partial charge in [-0.05, 0) is 32.0 Å². The fourth-order valence-electron chi connectivity index (χ4n) is 2.76. The lowest BCUT2D eigenvalue weighted by molar-refractivity contribution is -0.141. The number of anilines is 1. The van der Waals surface area contributed by atoms with Gasteiger partial charge in [0, 0.05) is 11.8 Å². The molecule has 11 heteroatoms. The lowest BCUT2D eigenvalue weighted by atomic mass is 10.0. The van der Waals surface area contributed by atoms with Gasteiger partial charge in [-0.2, -0.15) is 13.2 Å². The number of methoxy groups -OCH3 is 1. The Kier molecular flexibility index (Phi) is 5.23. The van der Waals surface area contributed by atoms with Gasteiger partial charge in [0.1, 0.15) is 11.6 Å². The van der Waals surface area contributed by atoms with Crippen LogP contribution in [0, 0.1) is 6.92 Å². The molecule has 29 heavy (non-hydrogen) atoms. The summed E-state index contributed by atoms with van der Waals surface area (Å²) in [5, 5.41) is 2.76. The molecule has 3 aromatic heterocycles. The van der Waals surface area contributed by atoms with Crippen molar-refractivity contribution in [3.63, 3.8) is 0 Å². The number of alkyl halides is 3. The number of carbonyl (C=O) groups is 1. The van der Waals surface area contributed by atoms with Gasteiger partial charge < -0.3 is 15.0 Å². The molecular weight excluding hydrogens is 391 g/mol. The van der Waals surface area contributed by atoms with Crippen molar-refractivity contribution >= 4 is 22.8 Å². The highest BCUT2D eigenvalue weighted by Crippen LogP contribution is 2.35. The van der Waals surface area contributed by atoms with Gasteiger partial charge in [-0.3, -0.25) is 4.79 Å². The average Bonchev–Trinajstić information content (AvgIpc) is 2.66. The van der Waals surface area contributed by atoms with E-state index in [1.54, 1.807) is 0 Å². The summed E-state index contributed by atoms with van der Waals surface area (Å²) < 4.78 is 45.3. The number of fused-ring (bicyclic) bond motifs is 1. The van der Waals surface area contributed by atoms with Gasteiger partial charge in [-0.25, -0.2) is 19.7 Å². The number of aromatic nitrogens is 4. The number of H-pyrrole nitrogens is 1. The number of nitrogens with one attached hydrogen (secondary N) is 2. The number of ether oxygens (including phenoxy) is 1. The number of aryl methyl sites for hydroxylation is 1. The summed E-state index contributed by atoms with van der Waals surface area (Å²) in [4.78, 5) is 37.5. The zero-order valence-electron chi connectivity index (χ0n) is 15.6. The van der Waals surface area contributed by atoms with Crippen LogP contribution in [0.2, 0.25) is 0 Å². The minimum absolute atomic E-state index is 0.0544. The standard InChI is InChI=1S/C18H16F3N5O3/c1-8(23-13-5-4-10(7-22-13)17(28)29-3)11-6-12-15(24-9(2)25-16(12)27)26-14(11)18(19,20)21/h4-8H,1-3H3,(H,22,23)(H,24,25,26,27). The largest absolute Gasteiger partial charge is 0.465 e. The van der Waals surface area contributed by atoms with Gasteiger partial charge in [0.15, 0.2) is 11.3 Å². The van der Waals surface area contributed by atoms with E-state index in [0.29, 0.717) is 0 Å². The third-order valence-corrected chi connectivity index (χ3v) is 4.13. The van der Waals surface area contributed by atoms with Crippen LogP contribution in [0.15, 0.2) is 29.2 Å². The minimum atomic E-state index is -4.75. The van der Waals surface area contributed by atoms with Gasteiger partial charge in [0.2, 0.25) is 0 Å². The fourth-order valence-corrected chi connectivity index (χ4v) is 2.76. The monoisotopic (exact) mass is 407 g/mol. The van der Waals surface area contributed by atoms with Crippen molar-refractivity contribution in [1.29, 1.82) is 0 Å². The summed E-state index contributed by atoms with van der Waals surface area (Å²) in [7, 11) is 1.22. The maximum Gasteiger partial charge on any atom is 0.433 e. The Morgan fingerprint density at radius 1 is 1.28 bits per heavy atom. The molecule has 0 aliphatic heterocycles. The van der Waals surface area contributed by atoms with E-state index in [0.717, 1.165) is 6.07 Å². The van der Waals surface area contributed by atoms with Crippen LogP contribution in [0.4, 0.5) is 19.0 Å². The van der Waals surface area contributed by atoms with Crippen LogP contribution in [0.5, 0.6) is 0 Å². The second kappa shape index (κ2) is 7.49. The van der Waals surface area contributed by atoms with Crippen LogP contribution < -0.4 is 10.9 Å². The van der Waals surface area contributed by atoms with Gasteiger partial charge in [0.05, 0.1) is 24.1 Å². The highest BCUT2D eigenvalue weighted by molar-refractivity contribution is 5.89. The molecule has 1 unspecified atom stereocenters. The number of rotatable bonds is 4. The van der Waals surface area contributed by atoms with E-state index in [9.17, 15) is 22.8 Å². The third kappa shape index (κ3) is 4.18. The predicted octanol–water partition coefficient (Wildman–Crippen LogP) is 3.00. The molecule has 0 amide bonds. The Bertz CT molecular complexity index is 1130. The minimum Gasteiger partial charge on any atom is -0.465 e. The number of hydrogen-bond acceptors (Lipinski definition) is 7. The first-order valence-corrected chi connectivity index (χ1v) is 8.40. The molecule has 0 radical (unpaired) electrons. The zero-order valence-corrected chi connectivity index (χ0v) is 15.6. The van der Waals surface area contributed by atoms with E-state index in [1.807, 2.05) is 0 Å². The summed E-state index contributed by atoms with van der Waals surface area (Å²) in [6.45, 7) is 2.93. The fraction of sp³-hybridized carbons (Fsp3) is 0.278. The third-order valence-electron chi connectivity index (χ3n) is 4.13. The molecule has 1 atom stereocenters. The number of aromatic amines is 1. The van der Waals surface area contributed by atoms with Gasteiger partial charge >= 0.3 is 12.1 Å². The van der Waals surface area contributed by atoms with Gasteiger partial charge in [0.25, 0.3) is 5.56 Å². The predicted molar refractivity (Wildman–Crippen MR) is 97.5 cm³/mol. The van der Waals surface area contributed by atoms with Crippen LogP contribution in [0.3, 0.4) is 0 Å². The number of pyridine rings is 2. The molecule has 0 saturated heterocycles. The maximum absolute atomic E-state index is 13.6. The van der Waals surface area contributed by atoms with Crippen molar-refractivity contribution in [2.45, 2.75) is 26.1 Å². The van der Waals surface area contributed by atoms with Crippen molar-refractivity contribution in [2.24, 2.45) is 0 Å². The molecule has 8 nitrogen and oxygen atoms in total. The maximum atomic E-state index is 13.6. The topological polar surface area (TPSA) is 110 Å². The molecule has 2 N–H and O–H groups in total. The molecule has 0 bridgehead atoms. The second-order valence-corrected chi connectivity index (χ2v) is 6.24. The highest BCUT2D eigenvalue weighted by atomic mass is 19.4. The molecule has 3 heterocycles. The zero-order chi connectivity index (χ0) is 21.3. The molecule has 0 aliphatic carbocycles. The molecule has 0 aliphatic rings. The van der Waals surface area contributed by atoms with Crippen LogP contribution in [0.1, 0.15) is 40.4 Å². The van der Waals surface area contributed by atoms with Crippen molar-refractivity contribution in [3.05, 3.63) is 57.4 Å². The molecular formula is C18H16F3N5O3. The van der Waals surface area contributed by atoms with E-state index >= 15 is 0 Å². The smallest absolute Gasteiger partial charge is 0.433 e. The Labute approximate surface area is 162 Å². The average molecular weight is 407 g/mol. The van der Waals surface area contributed by atoms with Crippen molar-refractivity contribution < 1.29 is 22.7 Å². The van der Waals surface area contributed by atoms with Crippen LogP contribution >= 0.6 is 0 Å². The summed E-state index contributed by atoms with van der Waals surface area (Å²) >= 11 is 0. The van der Waals surface area contributed by atoms with E-state index in [4.69, 9.17) is 0 Å². The quantitative estimate of drug-likeness (QED) is 0.640. The molecule has 3 aromatic rings. The summed E-state index contributed by atoms with van der Waals surface area (Å²) in [6, 6.07) is 3.08. The van der Waals surface area contributed by atoms with Crippen molar-refractivity contribution in [3.8, 4) is 0 Å². The van der Waals surface area contributed by atoms with E-state index in [1.165, 1.54) is 39.3 Å². The number of carbonyl (C=O) groups excluding carboxylic acids is 1. The first-order valence-electron chi connectivity index (χ1n) is 8.40. The lowest BCUT2D eigenvalue weighted by Gasteiger charge is -2.20. The first kappa shape index (κ1) is 20.2. The van der Waals surface area contributed by atoms with E-state index < -0.39 is 29.4 Å². The van der Waals surface area contributed by atoms with Gasteiger partial charge in [-0.1, -0.05) is 0 Å². The number of halogens is 3. The Hall–Kier alpha value is -3.50. The molecule has 0 fully saturated rings. The van der Waals surface area contributed by atoms with Crippen molar-refractivity contribution in [2.75, 3.05) is 12.4 Å². The Balaban J connectivity index is 2.03. The number of nitrogens with zero attached hydrogens (tertiary/aromatic N) is 3. The normalized spacial score (nSPS) is 12.6. The lowest BCUT2D eigenvalue weighted by Crippen LogP contribution is -2.20. The van der Waals surface area contributed by atoms with Crippen LogP contribution in [-0.2, 0) is 10.9 Å². The highest BCUT2D eigenvalue weighted by Gasteiger charge is 2.37. The summed E-state index contributed by atoms with van der Waals surface area (Å²) in [6.07, 6.45) is -3.51. The molecule has 0 aromatic carbocycles. The second-order valence-electron chi connectivity index (χ2n) is 6.24. The van der Waals surface area contributed by atoms with Gasteiger partial charge in [-0.15, -0.1) is 0 Å². The number of hydrogen-bond donors (Lipinski definition) is 2. The molecule has 3 rings (SSSR count). The van der Waals surface area contributed by atoms with Crippen LogP contribution in [0.25, 0.3) is 11.0 Å². The molecule has 0 spiro atoms. The van der Waals surface area contributed by atoms with E-state index in [-0.39, 0.29) is 33.8 Å². The Morgan fingerprint density at radius 2 is 2.00 bits per heavy atom. The Morgan fingerprint density at radius 3 is 2.59 bits per heavy atom. The SMILES string of the molecule is COC(=O)c1ccc(NC(C)c2cc3c(=O)[nH]c(C)nc3nc2C(F)(F)F)nc1. The van der Waals surface area contributed by atoms with E-state index in [2.05, 4.69) is 30.0 Å². The summed E-state index contributed by atoms with van der Waals surface area (Å²) in [5.41, 5.74) is -2.05.